The number of benzene rings is 1. The fourth-order valence-corrected chi connectivity index (χ4v) is 3.50. The van der Waals surface area contributed by atoms with Gasteiger partial charge in [0.2, 0.25) is 17.8 Å². The number of halogens is 1. The lowest BCUT2D eigenvalue weighted by molar-refractivity contribution is 0.415. The SMILES string of the molecule is COc1ccc(Nc2nc(NCCN)nc(NC3CCCCCC3)n2)cc1Cl. The molecule has 5 N–H and O–H groups in total. The molecule has 0 amide bonds. The zero-order valence-electron chi connectivity index (χ0n) is 16.2. The van der Waals surface area contributed by atoms with Gasteiger partial charge in [-0.1, -0.05) is 37.3 Å². The van der Waals surface area contributed by atoms with E-state index in [-0.39, 0.29) is 0 Å². The van der Waals surface area contributed by atoms with Crippen LogP contribution in [0.3, 0.4) is 0 Å². The third-order valence-corrected chi connectivity index (χ3v) is 4.95. The fraction of sp³-hybridized carbons (Fsp3) is 0.526. The molecule has 0 atom stereocenters. The smallest absolute Gasteiger partial charge is 0.233 e. The first-order valence-corrected chi connectivity index (χ1v) is 10.1. The number of hydrogen-bond donors (Lipinski definition) is 4. The monoisotopic (exact) mass is 405 g/mol. The van der Waals surface area contributed by atoms with Crippen molar-refractivity contribution < 1.29 is 4.74 Å². The van der Waals surface area contributed by atoms with Gasteiger partial charge in [0.25, 0.3) is 0 Å². The van der Waals surface area contributed by atoms with Gasteiger partial charge >= 0.3 is 0 Å². The molecule has 0 radical (unpaired) electrons. The molecule has 28 heavy (non-hydrogen) atoms. The Hall–Kier alpha value is -2.32. The van der Waals surface area contributed by atoms with Gasteiger partial charge in [-0.25, -0.2) is 0 Å². The van der Waals surface area contributed by atoms with Crippen molar-refractivity contribution in [2.45, 2.75) is 44.6 Å². The van der Waals surface area contributed by atoms with Crippen LogP contribution in [0, 0.1) is 0 Å². The minimum absolute atomic E-state index is 0.385. The highest BCUT2D eigenvalue weighted by Gasteiger charge is 2.15. The molecule has 1 saturated carbocycles. The van der Waals surface area contributed by atoms with Crippen molar-refractivity contribution in [2.24, 2.45) is 5.73 Å². The van der Waals surface area contributed by atoms with Gasteiger partial charge in [0.15, 0.2) is 0 Å². The lowest BCUT2D eigenvalue weighted by Gasteiger charge is -2.17. The summed E-state index contributed by atoms with van der Waals surface area (Å²) in [7, 11) is 1.58. The van der Waals surface area contributed by atoms with Crippen molar-refractivity contribution in [1.29, 1.82) is 0 Å². The van der Waals surface area contributed by atoms with Crippen LogP contribution in [0.4, 0.5) is 23.5 Å². The van der Waals surface area contributed by atoms with Gasteiger partial charge in [0.1, 0.15) is 5.75 Å². The van der Waals surface area contributed by atoms with E-state index in [1.54, 1.807) is 19.2 Å². The highest BCUT2D eigenvalue weighted by Crippen LogP contribution is 2.28. The van der Waals surface area contributed by atoms with Crippen LogP contribution in [0.25, 0.3) is 0 Å². The van der Waals surface area contributed by atoms with Gasteiger partial charge in [-0.3, -0.25) is 0 Å². The number of nitrogens with one attached hydrogen (secondary N) is 3. The van der Waals surface area contributed by atoms with Crippen molar-refractivity contribution in [1.82, 2.24) is 15.0 Å². The molecular weight excluding hydrogens is 378 g/mol. The predicted molar refractivity (Wildman–Crippen MR) is 114 cm³/mol. The Balaban J connectivity index is 1.79. The normalized spacial score (nSPS) is 15.0. The van der Waals surface area contributed by atoms with Crippen molar-refractivity contribution in [2.75, 3.05) is 36.1 Å². The molecule has 8 nitrogen and oxygen atoms in total. The van der Waals surface area contributed by atoms with Crippen LogP contribution >= 0.6 is 11.6 Å². The van der Waals surface area contributed by atoms with E-state index in [9.17, 15) is 0 Å². The Bertz CT molecular complexity index is 766. The molecule has 1 aromatic carbocycles. The van der Waals surface area contributed by atoms with Crippen molar-refractivity contribution in [3.63, 3.8) is 0 Å². The lowest BCUT2D eigenvalue weighted by atomic mass is 10.1. The summed E-state index contributed by atoms with van der Waals surface area (Å²) in [6.07, 6.45) is 7.32. The van der Waals surface area contributed by atoms with E-state index >= 15 is 0 Å². The largest absolute Gasteiger partial charge is 0.495 e. The first-order valence-electron chi connectivity index (χ1n) is 9.75. The zero-order valence-corrected chi connectivity index (χ0v) is 16.9. The summed E-state index contributed by atoms with van der Waals surface area (Å²) in [6.45, 7) is 1.08. The molecule has 1 aliphatic rings. The molecule has 1 aliphatic carbocycles. The van der Waals surface area contributed by atoms with Gasteiger partial charge in [-0.05, 0) is 31.0 Å². The van der Waals surface area contributed by atoms with Crippen LogP contribution < -0.4 is 26.4 Å². The Kier molecular flexibility index (Phi) is 7.50. The summed E-state index contributed by atoms with van der Waals surface area (Å²) in [5.74, 6) is 2.10. The maximum atomic E-state index is 6.21. The standard InChI is InChI=1S/C19H28ClN7O/c1-28-16-9-8-14(12-15(16)20)24-19-26-17(22-11-10-21)25-18(27-19)23-13-6-4-2-3-5-7-13/h8-9,12-13H,2-7,10-11,21H2,1H3,(H3,22,23,24,25,26,27). The molecule has 9 heteroatoms. The third kappa shape index (κ3) is 5.84. The van der Waals surface area contributed by atoms with Gasteiger partial charge in [0, 0.05) is 24.8 Å². The number of nitrogens with two attached hydrogens (primary N) is 1. The van der Waals surface area contributed by atoms with E-state index in [4.69, 9.17) is 22.1 Å². The summed E-state index contributed by atoms with van der Waals surface area (Å²) in [4.78, 5) is 13.5. The Morgan fingerprint density at radius 3 is 2.46 bits per heavy atom. The molecule has 152 valence electrons. The molecule has 0 unspecified atom stereocenters. The van der Waals surface area contributed by atoms with Crippen LogP contribution in [0.1, 0.15) is 38.5 Å². The van der Waals surface area contributed by atoms with Crippen molar-refractivity contribution >= 4 is 35.1 Å². The number of ether oxygens (including phenoxy) is 1. The number of aromatic nitrogens is 3. The molecule has 0 aliphatic heterocycles. The molecule has 3 rings (SSSR count). The molecule has 0 bridgehead atoms. The Labute approximate surface area is 170 Å². The summed E-state index contributed by atoms with van der Waals surface area (Å²) in [5, 5.41) is 10.3. The van der Waals surface area contributed by atoms with E-state index in [1.807, 2.05) is 6.07 Å². The second-order valence-electron chi connectivity index (χ2n) is 6.83. The maximum Gasteiger partial charge on any atom is 0.233 e. The molecular formula is C19H28ClN7O. The second kappa shape index (κ2) is 10.3. The van der Waals surface area contributed by atoms with E-state index in [0.717, 1.165) is 18.5 Å². The van der Waals surface area contributed by atoms with Crippen LogP contribution in [0.5, 0.6) is 5.75 Å². The first kappa shape index (κ1) is 20.4. The summed E-state index contributed by atoms with van der Waals surface area (Å²) in [6, 6.07) is 5.81. The van der Waals surface area contributed by atoms with Crippen LogP contribution in [0.15, 0.2) is 18.2 Å². The highest BCUT2D eigenvalue weighted by molar-refractivity contribution is 6.32. The predicted octanol–water partition coefficient (Wildman–Crippen LogP) is 3.78. The van der Waals surface area contributed by atoms with E-state index in [0.29, 0.717) is 47.7 Å². The highest BCUT2D eigenvalue weighted by atomic mass is 35.5. The number of hydrogen-bond acceptors (Lipinski definition) is 8. The number of rotatable bonds is 8. The first-order chi connectivity index (χ1) is 13.7. The van der Waals surface area contributed by atoms with Gasteiger partial charge in [-0.15, -0.1) is 0 Å². The topological polar surface area (TPSA) is 110 Å². The van der Waals surface area contributed by atoms with Crippen molar-refractivity contribution in [3.8, 4) is 5.75 Å². The number of nitrogens with zero attached hydrogens (tertiary/aromatic N) is 3. The molecule has 1 heterocycles. The Morgan fingerprint density at radius 2 is 1.79 bits per heavy atom. The minimum atomic E-state index is 0.385. The second-order valence-corrected chi connectivity index (χ2v) is 7.24. The molecule has 1 aromatic heterocycles. The third-order valence-electron chi connectivity index (χ3n) is 4.66. The lowest BCUT2D eigenvalue weighted by Crippen LogP contribution is -2.22. The van der Waals surface area contributed by atoms with Crippen LogP contribution in [0.2, 0.25) is 5.02 Å². The summed E-state index contributed by atoms with van der Waals surface area (Å²) >= 11 is 6.21. The van der Waals surface area contributed by atoms with E-state index in [1.165, 1.54) is 25.7 Å². The molecule has 2 aromatic rings. The fourth-order valence-electron chi connectivity index (χ4n) is 3.24. The summed E-state index contributed by atoms with van der Waals surface area (Å²) in [5.41, 5.74) is 6.36. The van der Waals surface area contributed by atoms with Gasteiger partial charge < -0.3 is 26.4 Å². The minimum Gasteiger partial charge on any atom is -0.495 e. The van der Waals surface area contributed by atoms with Crippen LogP contribution in [-0.4, -0.2) is 41.2 Å². The molecule has 1 fully saturated rings. The maximum absolute atomic E-state index is 6.21. The van der Waals surface area contributed by atoms with Gasteiger partial charge in [0.05, 0.1) is 12.1 Å². The zero-order chi connectivity index (χ0) is 19.8. The van der Waals surface area contributed by atoms with Gasteiger partial charge in [-0.2, -0.15) is 15.0 Å². The quantitative estimate of drug-likeness (QED) is 0.491. The van der Waals surface area contributed by atoms with Crippen LogP contribution in [-0.2, 0) is 0 Å². The average molecular weight is 406 g/mol. The number of anilines is 4. The van der Waals surface area contributed by atoms with E-state index in [2.05, 4.69) is 30.9 Å². The van der Waals surface area contributed by atoms with E-state index < -0.39 is 0 Å². The Morgan fingerprint density at radius 1 is 1.07 bits per heavy atom. The summed E-state index contributed by atoms with van der Waals surface area (Å²) < 4.78 is 5.19. The average Bonchev–Trinajstić information content (AvgIpc) is 2.95. The van der Waals surface area contributed by atoms with Crippen molar-refractivity contribution in [3.05, 3.63) is 23.2 Å². The number of methoxy groups -OCH3 is 1. The molecule has 0 spiro atoms. The molecule has 0 saturated heterocycles.